The number of aromatic nitrogens is 2. The monoisotopic (exact) mass is 396 g/mol. The van der Waals surface area contributed by atoms with Crippen LogP contribution in [0.15, 0.2) is 47.7 Å². The van der Waals surface area contributed by atoms with Gasteiger partial charge in [0.15, 0.2) is 5.96 Å². The maximum absolute atomic E-state index is 12.2. The van der Waals surface area contributed by atoms with E-state index in [2.05, 4.69) is 50.3 Å². The van der Waals surface area contributed by atoms with Gasteiger partial charge in [-0.2, -0.15) is 5.10 Å². The Morgan fingerprint density at radius 2 is 1.97 bits per heavy atom. The van der Waals surface area contributed by atoms with Gasteiger partial charge in [0.2, 0.25) is 5.91 Å². The highest BCUT2D eigenvalue weighted by atomic mass is 16.1. The quantitative estimate of drug-likeness (QED) is 0.473. The van der Waals surface area contributed by atoms with E-state index in [0.29, 0.717) is 12.0 Å². The molecule has 0 saturated heterocycles. The molecule has 1 aromatic heterocycles. The lowest BCUT2D eigenvalue weighted by Gasteiger charge is -2.22. The minimum absolute atomic E-state index is 0.00307. The standard InChI is InChI=1S/C22H32N6O/c1-2-23-22(25-17-21(29)27-19-7-4-3-5-8-19)24-15-13-18-9-11-20(12-10-18)28-16-6-14-26-28/h6,9-12,14,16,19H,2-5,7-8,13,15,17H2,1H3,(H,27,29)(H2,23,24,25). The molecule has 0 unspecified atom stereocenters. The molecule has 0 spiro atoms. The molecule has 3 N–H and O–H groups in total. The van der Waals surface area contributed by atoms with E-state index in [1.54, 1.807) is 6.20 Å². The van der Waals surface area contributed by atoms with Gasteiger partial charge in [0.25, 0.3) is 0 Å². The lowest BCUT2D eigenvalue weighted by atomic mass is 9.95. The second kappa shape index (κ2) is 11.2. The fourth-order valence-corrected chi connectivity index (χ4v) is 3.57. The highest BCUT2D eigenvalue weighted by Crippen LogP contribution is 2.17. The molecule has 0 aliphatic heterocycles. The van der Waals surface area contributed by atoms with Crippen molar-refractivity contribution in [2.24, 2.45) is 4.99 Å². The van der Waals surface area contributed by atoms with Crippen LogP contribution in [0.4, 0.5) is 0 Å². The zero-order valence-electron chi connectivity index (χ0n) is 17.2. The Labute approximate surface area is 173 Å². The number of hydrogen-bond donors (Lipinski definition) is 3. The highest BCUT2D eigenvalue weighted by Gasteiger charge is 2.15. The number of rotatable bonds is 8. The summed E-state index contributed by atoms with van der Waals surface area (Å²) in [6.07, 6.45) is 10.5. The van der Waals surface area contributed by atoms with Gasteiger partial charge in [0.1, 0.15) is 6.54 Å². The van der Waals surface area contributed by atoms with Crippen LogP contribution in [0.2, 0.25) is 0 Å². The molecule has 0 radical (unpaired) electrons. The van der Waals surface area contributed by atoms with E-state index in [4.69, 9.17) is 0 Å². The van der Waals surface area contributed by atoms with Crippen LogP contribution >= 0.6 is 0 Å². The summed E-state index contributed by atoms with van der Waals surface area (Å²) in [7, 11) is 0. The molecule has 7 nitrogen and oxygen atoms in total. The predicted molar refractivity (Wildman–Crippen MR) is 116 cm³/mol. The SMILES string of the molecule is CCNC(=NCC(=O)NC1CCCCC1)NCCc1ccc(-n2cccn2)cc1. The molecule has 7 heteroatoms. The van der Waals surface area contributed by atoms with Crippen LogP contribution in [0.1, 0.15) is 44.6 Å². The Bertz CT molecular complexity index is 763. The van der Waals surface area contributed by atoms with Crippen molar-refractivity contribution < 1.29 is 4.79 Å². The third-order valence-electron chi connectivity index (χ3n) is 5.11. The summed E-state index contributed by atoms with van der Waals surface area (Å²) in [6, 6.07) is 10.6. The van der Waals surface area contributed by atoms with Gasteiger partial charge in [-0.05, 0) is 49.9 Å². The number of carbonyl (C=O) groups is 1. The van der Waals surface area contributed by atoms with Crippen LogP contribution in [0.5, 0.6) is 0 Å². The third kappa shape index (κ3) is 6.93. The van der Waals surface area contributed by atoms with Gasteiger partial charge in [-0.25, -0.2) is 9.67 Å². The molecule has 0 bridgehead atoms. The number of amides is 1. The van der Waals surface area contributed by atoms with Crippen molar-refractivity contribution >= 4 is 11.9 Å². The van der Waals surface area contributed by atoms with E-state index in [0.717, 1.165) is 38.0 Å². The second-order valence-electron chi connectivity index (χ2n) is 7.39. The number of hydrogen-bond acceptors (Lipinski definition) is 3. The van der Waals surface area contributed by atoms with Crippen molar-refractivity contribution in [3.05, 3.63) is 48.3 Å². The number of guanidine groups is 1. The van der Waals surface area contributed by atoms with Gasteiger partial charge in [0.05, 0.1) is 5.69 Å². The van der Waals surface area contributed by atoms with E-state index in [1.165, 1.54) is 24.8 Å². The summed E-state index contributed by atoms with van der Waals surface area (Å²) in [5.74, 6) is 0.683. The molecule has 156 valence electrons. The normalized spacial score (nSPS) is 15.1. The smallest absolute Gasteiger partial charge is 0.242 e. The Morgan fingerprint density at radius 3 is 2.66 bits per heavy atom. The lowest BCUT2D eigenvalue weighted by molar-refractivity contribution is -0.120. The number of benzene rings is 1. The molecule has 1 amide bonds. The van der Waals surface area contributed by atoms with Gasteiger partial charge in [-0.3, -0.25) is 4.79 Å². The number of aliphatic imine (C=N–C) groups is 1. The Morgan fingerprint density at radius 1 is 1.17 bits per heavy atom. The van der Waals surface area contributed by atoms with Crippen molar-refractivity contribution in [3.63, 3.8) is 0 Å². The molecular formula is C22H32N6O. The van der Waals surface area contributed by atoms with Crippen LogP contribution in [0.3, 0.4) is 0 Å². The average molecular weight is 397 g/mol. The molecule has 1 fully saturated rings. The molecule has 29 heavy (non-hydrogen) atoms. The van der Waals surface area contributed by atoms with Gasteiger partial charge in [-0.15, -0.1) is 0 Å². The average Bonchev–Trinajstić information content (AvgIpc) is 3.28. The maximum atomic E-state index is 12.2. The summed E-state index contributed by atoms with van der Waals surface area (Å²) in [5, 5.41) is 13.9. The first-order valence-electron chi connectivity index (χ1n) is 10.6. The Hall–Kier alpha value is -2.83. The molecule has 1 saturated carbocycles. The fourth-order valence-electron chi connectivity index (χ4n) is 3.57. The molecule has 1 aromatic carbocycles. The molecular weight excluding hydrogens is 364 g/mol. The summed E-state index contributed by atoms with van der Waals surface area (Å²) in [6.45, 7) is 3.68. The Balaban J connectivity index is 1.43. The minimum Gasteiger partial charge on any atom is -0.357 e. The van der Waals surface area contributed by atoms with Crippen LogP contribution < -0.4 is 16.0 Å². The predicted octanol–water partition coefficient (Wildman–Crippen LogP) is 2.42. The lowest BCUT2D eigenvalue weighted by Crippen LogP contribution is -2.41. The molecule has 1 aliphatic carbocycles. The van der Waals surface area contributed by atoms with Crippen LogP contribution in [0, 0.1) is 0 Å². The highest BCUT2D eigenvalue weighted by molar-refractivity contribution is 5.85. The largest absolute Gasteiger partial charge is 0.357 e. The van der Waals surface area contributed by atoms with Crippen molar-refractivity contribution in [2.45, 2.75) is 51.5 Å². The van der Waals surface area contributed by atoms with E-state index in [-0.39, 0.29) is 12.5 Å². The molecule has 1 aliphatic rings. The number of nitrogens with one attached hydrogen (secondary N) is 3. The van der Waals surface area contributed by atoms with Crippen LogP contribution in [-0.2, 0) is 11.2 Å². The van der Waals surface area contributed by atoms with Gasteiger partial charge >= 0.3 is 0 Å². The first-order valence-corrected chi connectivity index (χ1v) is 10.6. The third-order valence-corrected chi connectivity index (χ3v) is 5.11. The minimum atomic E-state index is 0.00307. The number of carbonyl (C=O) groups excluding carboxylic acids is 1. The fraction of sp³-hybridized carbons (Fsp3) is 0.500. The zero-order chi connectivity index (χ0) is 20.3. The van der Waals surface area contributed by atoms with Crippen molar-refractivity contribution in [3.8, 4) is 5.69 Å². The zero-order valence-corrected chi connectivity index (χ0v) is 17.2. The number of nitrogens with zero attached hydrogens (tertiary/aromatic N) is 3. The van der Waals surface area contributed by atoms with E-state index in [1.807, 2.05) is 23.9 Å². The van der Waals surface area contributed by atoms with E-state index >= 15 is 0 Å². The van der Waals surface area contributed by atoms with Crippen LogP contribution in [0.25, 0.3) is 5.69 Å². The second-order valence-corrected chi connectivity index (χ2v) is 7.39. The summed E-state index contributed by atoms with van der Waals surface area (Å²) in [4.78, 5) is 16.6. The van der Waals surface area contributed by atoms with Gasteiger partial charge in [0, 0.05) is 31.5 Å². The summed E-state index contributed by atoms with van der Waals surface area (Å²) < 4.78 is 1.84. The van der Waals surface area contributed by atoms with Gasteiger partial charge in [-0.1, -0.05) is 31.4 Å². The molecule has 3 rings (SSSR count). The summed E-state index contributed by atoms with van der Waals surface area (Å²) in [5.41, 5.74) is 2.28. The van der Waals surface area contributed by atoms with Crippen molar-refractivity contribution in [2.75, 3.05) is 19.6 Å². The Kier molecular flexibility index (Phi) is 8.10. The molecule has 1 heterocycles. The molecule has 2 aromatic rings. The van der Waals surface area contributed by atoms with Crippen molar-refractivity contribution in [1.82, 2.24) is 25.7 Å². The first-order chi connectivity index (χ1) is 14.2. The maximum Gasteiger partial charge on any atom is 0.242 e. The topological polar surface area (TPSA) is 83.3 Å². The molecule has 0 atom stereocenters. The summed E-state index contributed by atoms with van der Waals surface area (Å²) >= 11 is 0. The first kappa shape index (κ1) is 20.9. The van der Waals surface area contributed by atoms with E-state index < -0.39 is 0 Å². The van der Waals surface area contributed by atoms with Gasteiger partial charge < -0.3 is 16.0 Å². The van der Waals surface area contributed by atoms with Crippen LogP contribution in [-0.4, -0.2) is 47.3 Å². The van der Waals surface area contributed by atoms with Crippen molar-refractivity contribution in [1.29, 1.82) is 0 Å². The van der Waals surface area contributed by atoms with E-state index in [9.17, 15) is 4.79 Å².